The minimum absolute atomic E-state index is 0.397. The highest BCUT2D eigenvalue weighted by atomic mass is 16.6. The molecule has 0 atom stereocenters. The van der Waals surface area contributed by atoms with Crippen molar-refractivity contribution in [1.82, 2.24) is 0 Å². The molecule has 0 amide bonds. The molecule has 3 rings (SSSR count). The first-order valence-corrected chi connectivity index (χ1v) is 7.72. The Labute approximate surface area is 142 Å². The van der Waals surface area contributed by atoms with Crippen LogP contribution in [0.15, 0.2) is 84.0 Å². The molecule has 119 valence electrons. The van der Waals surface area contributed by atoms with E-state index in [4.69, 9.17) is 9.57 Å². The van der Waals surface area contributed by atoms with Crippen LogP contribution in [0.25, 0.3) is 11.1 Å². The van der Waals surface area contributed by atoms with E-state index in [0.717, 1.165) is 22.4 Å². The molecule has 0 spiro atoms. The summed E-state index contributed by atoms with van der Waals surface area (Å²) >= 11 is 0. The summed E-state index contributed by atoms with van der Waals surface area (Å²) in [7, 11) is 1.64. The summed E-state index contributed by atoms with van der Waals surface area (Å²) < 4.78 is 5.12. The molecule has 0 bridgehead atoms. The van der Waals surface area contributed by atoms with Gasteiger partial charge in [-0.1, -0.05) is 59.8 Å². The third kappa shape index (κ3) is 4.02. The van der Waals surface area contributed by atoms with Gasteiger partial charge in [-0.05, 0) is 41.0 Å². The third-order valence-corrected chi connectivity index (χ3v) is 3.65. The van der Waals surface area contributed by atoms with Crippen LogP contribution in [0.4, 0.5) is 0 Å². The Morgan fingerprint density at radius 3 is 2.29 bits per heavy atom. The maximum absolute atomic E-state index is 5.42. The van der Waals surface area contributed by atoms with Crippen LogP contribution in [0, 0.1) is 0 Å². The largest absolute Gasteiger partial charge is 0.497 e. The van der Waals surface area contributed by atoms with Gasteiger partial charge in [0, 0.05) is 5.56 Å². The zero-order valence-corrected chi connectivity index (χ0v) is 13.5. The molecular weight excluding hydrogens is 298 g/mol. The maximum Gasteiger partial charge on any atom is 0.142 e. The van der Waals surface area contributed by atoms with Crippen LogP contribution in [0.1, 0.15) is 11.1 Å². The molecule has 0 saturated carbocycles. The highest BCUT2D eigenvalue weighted by molar-refractivity contribution is 5.79. The second-order valence-electron chi connectivity index (χ2n) is 5.23. The fraction of sp³-hybridized carbons (Fsp3) is 0.0952. The Balaban J connectivity index is 1.65. The van der Waals surface area contributed by atoms with Crippen molar-refractivity contribution >= 4 is 6.21 Å². The lowest BCUT2D eigenvalue weighted by atomic mass is 10.0. The Kier molecular flexibility index (Phi) is 5.25. The van der Waals surface area contributed by atoms with Crippen LogP contribution in [0.5, 0.6) is 5.75 Å². The summed E-state index contributed by atoms with van der Waals surface area (Å²) in [6, 6.07) is 25.9. The summed E-state index contributed by atoms with van der Waals surface area (Å²) in [5.74, 6) is 0.804. The molecule has 0 aliphatic rings. The van der Waals surface area contributed by atoms with Gasteiger partial charge >= 0.3 is 0 Å². The molecule has 3 aromatic rings. The summed E-state index contributed by atoms with van der Waals surface area (Å²) in [4.78, 5) is 5.42. The summed E-state index contributed by atoms with van der Waals surface area (Å²) in [6.07, 6.45) is 2.87. The summed E-state index contributed by atoms with van der Waals surface area (Å²) in [6.45, 7) is 0.397. The van der Waals surface area contributed by atoms with Crippen molar-refractivity contribution in [2.75, 3.05) is 7.11 Å². The fourth-order valence-electron chi connectivity index (χ4n) is 2.40. The van der Waals surface area contributed by atoms with Gasteiger partial charge in [-0.2, -0.15) is 0 Å². The van der Waals surface area contributed by atoms with Crippen LogP contribution in [-0.2, 0) is 11.4 Å². The molecule has 0 heterocycles. The minimum Gasteiger partial charge on any atom is -0.497 e. The molecule has 0 aromatic heterocycles. The normalized spacial score (nSPS) is 10.7. The van der Waals surface area contributed by atoms with E-state index in [-0.39, 0.29) is 0 Å². The Hall–Kier alpha value is -3.07. The van der Waals surface area contributed by atoms with Crippen LogP contribution < -0.4 is 4.74 Å². The van der Waals surface area contributed by atoms with Gasteiger partial charge < -0.3 is 9.57 Å². The third-order valence-electron chi connectivity index (χ3n) is 3.65. The van der Waals surface area contributed by atoms with Crippen molar-refractivity contribution in [1.29, 1.82) is 0 Å². The highest BCUT2D eigenvalue weighted by Crippen LogP contribution is 2.23. The summed E-state index contributed by atoms with van der Waals surface area (Å²) in [5.41, 5.74) is 4.24. The van der Waals surface area contributed by atoms with E-state index >= 15 is 0 Å². The number of benzene rings is 3. The van der Waals surface area contributed by atoms with Crippen LogP contribution in [0.3, 0.4) is 0 Å². The van der Waals surface area contributed by atoms with Crippen molar-refractivity contribution < 1.29 is 9.57 Å². The summed E-state index contributed by atoms with van der Waals surface area (Å²) in [5, 5.41) is 3.94. The van der Waals surface area contributed by atoms with Crippen LogP contribution in [-0.4, -0.2) is 13.3 Å². The minimum atomic E-state index is 0.397. The quantitative estimate of drug-likeness (QED) is 0.483. The van der Waals surface area contributed by atoms with E-state index in [1.807, 2.05) is 60.7 Å². The molecule has 0 fully saturated rings. The van der Waals surface area contributed by atoms with Gasteiger partial charge in [0.15, 0.2) is 0 Å². The molecule has 24 heavy (non-hydrogen) atoms. The highest BCUT2D eigenvalue weighted by Gasteiger charge is 2.04. The molecule has 1 radical (unpaired) electrons. The zero-order chi connectivity index (χ0) is 16.6. The number of hydrogen-bond acceptors (Lipinski definition) is 3. The van der Waals surface area contributed by atoms with E-state index in [0.29, 0.717) is 6.61 Å². The van der Waals surface area contributed by atoms with E-state index in [1.54, 1.807) is 7.11 Å². The Morgan fingerprint density at radius 1 is 0.833 bits per heavy atom. The Morgan fingerprint density at radius 2 is 1.54 bits per heavy atom. The Bertz CT molecular complexity index is 796. The van der Waals surface area contributed by atoms with Crippen molar-refractivity contribution in [3.8, 4) is 16.9 Å². The monoisotopic (exact) mass is 316 g/mol. The van der Waals surface area contributed by atoms with Crippen molar-refractivity contribution in [3.05, 3.63) is 90.0 Å². The molecule has 0 aliphatic carbocycles. The van der Waals surface area contributed by atoms with Gasteiger partial charge in [0.25, 0.3) is 0 Å². The van der Waals surface area contributed by atoms with E-state index in [9.17, 15) is 0 Å². The maximum atomic E-state index is 5.42. The predicted molar refractivity (Wildman–Crippen MR) is 96.2 cm³/mol. The number of ether oxygens (including phenoxy) is 1. The molecule has 3 nitrogen and oxygen atoms in total. The second kappa shape index (κ2) is 7.97. The van der Waals surface area contributed by atoms with Crippen molar-refractivity contribution in [3.63, 3.8) is 0 Å². The molecule has 0 unspecified atom stereocenters. The van der Waals surface area contributed by atoms with Gasteiger partial charge in [-0.3, -0.25) is 0 Å². The standard InChI is InChI=1S/C21H18NO2/c1-23-20-13-11-17(12-14-20)15-22-24-16-19-9-5-6-10-21(19)18-7-3-2-4-8-18/h2-14H,16H2,1H3. The number of hydrogen-bond donors (Lipinski definition) is 0. The number of rotatable bonds is 6. The van der Waals surface area contributed by atoms with Gasteiger partial charge in [-0.25, -0.2) is 0 Å². The van der Waals surface area contributed by atoms with Gasteiger partial charge in [0.1, 0.15) is 18.6 Å². The van der Waals surface area contributed by atoms with E-state index in [2.05, 4.69) is 29.6 Å². The first-order chi connectivity index (χ1) is 11.9. The van der Waals surface area contributed by atoms with Gasteiger partial charge in [0.2, 0.25) is 0 Å². The lowest BCUT2D eigenvalue weighted by Gasteiger charge is -2.08. The lowest BCUT2D eigenvalue weighted by molar-refractivity contribution is 0.132. The fourth-order valence-corrected chi connectivity index (χ4v) is 2.40. The molecule has 3 aromatic carbocycles. The average molecular weight is 316 g/mol. The van der Waals surface area contributed by atoms with Gasteiger partial charge in [-0.15, -0.1) is 0 Å². The molecule has 0 N–H and O–H groups in total. The van der Waals surface area contributed by atoms with E-state index in [1.165, 1.54) is 5.56 Å². The first kappa shape index (κ1) is 15.8. The van der Waals surface area contributed by atoms with Crippen molar-refractivity contribution in [2.24, 2.45) is 5.16 Å². The molecule has 0 aliphatic heterocycles. The molecule has 3 heteroatoms. The second-order valence-corrected chi connectivity index (χ2v) is 5.23. The SMILES string of the molecule is COc1ccc(/[C]=N/OCc2ccccc2-c2ccccc2)cc1. The smallest absolute Gasteiger partial charge is 0.142 e. The predicted octanol–water partition coefficient (Wildman–Crippen LogP) is 4.79. The zero-order valence-electron chi connectivity index (χ0n) is 13.5. The lowest BCUT2D eigenvalue weighted by Crippen LogP contribution is -1.92. The number of methoxy groups -OCH3 is 1. The molecular formula is C21H18NO2. The van der Waals surface area contributed by atoms with Gasteiger partial charge in [0.05, 0.1) is 7.11 Å². The average Bonchev–Trinajstić information content (AvgIpc) is 2.67. The van der Waals surface area contributed by atoms with Crippen LogP contribution >= 0.6 is 0 Å². The van der Waals surface area contributed by atoms with Crippen LogP contribution in [0.2, 0.25) is 0 Å². The molecule has 0 saturated heterocycles. The van der Waals surface area contributed by atoms with Crippen molar-refractivity contribution in [2.45, 2.75) is 6.61 Å². The number of nitrogens with zero attached hydrogens (tertiary/aromatic N) is 1. The first-order valence-electron chi connectivity index (χ1n) is 7.72. The topological polar surface area (TPSA) is 30.8 Å². The van der Waals surface area contributed by atoms with E-state index < -0.39 is 0 Å².